The Morgan fingerprint density at radius 3 is 1.56 bits per heavy atom. The minimum Gasteiger partial charge on any atom is -0.399 e. The van der Waals surface area contributed by atoms with E-state index in [2.05, 4.69) is 152 Å². The molecule has 1 saturated heterocycles. The molecular formula is C36H31BN2O2. The molecule has 0 N–H and O–H groups in total. The fourth-order valence-electron chi connectivity index (χ4n) is 6.42. The molecule has 0 aliphatic carbocycles. The van der Waals surface area contributed by atoms with Crippen molar-refractivity contribution in [2.75, 3.05) is 0 Å². The van der Waals surface area contributed by atoms with Gasteiger partial charge in [-0.3, -0.25) is 0 Å². The second kappa shape index (κ2) is 8.59. The van der Waals surface area contributed by atoms with Gasteiger partial charge in [0.25, 0.3) is 0 Å². The van der Waals surface area contributed by atoms with Crippen molar-refractivity contribution in [1.29, 1.82) is 0 Å². The Bertz CT molecular complexity index is 2070. The summed E-state index contributed by atoms with van der Waals surface area (Å²) in [5.41, 5.74) is 7.15. The van der Waals surface area contributed by atoms with Crippen LogP contribution in [0.15, 0.2) is 115 Å². The summed E-state index contributed by atoms with van der Waals surface area (Å²) in [4.78, 5) is 0. The number of hydrogen-bond donors (Lipinski definition) is 0. The summed E-state index contributed by atoms with van der Waals surface area (Å²) >= 11 is 0. The van der Waals surface area contributed by atoms with Gasteiger partial charge in [0.1, 0.15) is 0 Å². The van der Waals surface area contributed by atoms with Gasteiger partial charge in [-0.1, -0.05) is 72.8 Å². The first-order valence-electron chi connectivity index (χ1n) is 14.3. The number of nitrogens with zero attached hydrogens (tertiary/aromatic N) is 2. The quantitative estimate of drug-likeness (QED) is 0.214. The second-order valence-corrected chi connectivity index (χ2v) is 12.1. The van der Waals surface area contributed by atoms with E-state index in [9.17, 15) is 0 Å². The first-order valence-corrected chi connectivity index (χ1v) is 14.3. The maximum Gasteiger partial charge on any atom is 0.496 e. The molecule has 5 aromatic carbocycles. The number of para-hydroxylation sites is 4. The molecule has 5 heteroatoms. The highest BCUT2D eigenvalue weighted by molar-refractivity contribution is 6.63. The van der Waals surface area contributed by atoms with Crippen molar-refractivity contribution in [3.63, 3.8) is 0 Å². The molecule has 200 valence electrons. The summed E-state index contributed by atoms with van der Waals surface area (Å²) in [5, 5.41) is 4.96. The molecular weight excluding hydrogens is 503 g/mol. The molecule has 0 atom stereocenters. The summed E-state index contributed by atoms with van der Waals surface area (Å²) < 4.78 is 17.8. The standard InChI is InChI=1S/C36H31BN2O2/c1-35(2)36(3,4)41-37(40-35)29-16-8-12-20-34(29)39-32-19-11-7-15-27(32)28-23-24(21-22-33(28)39)38-30-17-9-5-13-25(30)26-14-6-10-18-31(26)38/h5-23H,1-4H3. The summed E-state index contributed by atoms with van der Waals surface area (Å²) in [6, 6.07) is 41.3. The van der Waals surface area contributed by atoms with Crippen molar-refractivity contribution in [2.45, 2.75) is 38.9 Å². The van der Waals surface area contributed by atoms with Crippen LogP contribution in [0.2, 0.25) is 0 Å². The normalized spacial score (nSPS) is 16.4. The van der Waals surface area contributed by atoms with Crippen molar-refractivity contribution in [1.82, 2.24) is 9.13 Å². The Labute approximate surface area is 239 Å². The summed E-state index contributed by atoms with van der Waals surface area (Å²) in [6.07, 6.45) is 0. The molecule has 1 aliphatic heterocycles. The van der Waals surface area contributed by atoms with Gasteiger partial charge < -0.3 is 18.4 Å². The Morgan fingerprint density at radius 1 is 0.488 bits per heavy atom. The van der Waals surface area contributed by atoms with Crippen molar-refractivity contribution < 1.29 is 9.31 Å². The lowest BCUT2D eigenvalue weighted by Gasteiger charge is -2.32. The number of aromatic nitrogens is 2. The van der Waals surface area contributed by atoms with E-state index in [-0.39, 0.29) is 0 Å². The molecule has 7 aromatic rings. The maximum absolute atomic E-state index is 6.52. The van der Waals surface area contributed by atoms with E-state index < -0.39 is 18.3 Å². The lowest BCUT2D eigenvalue weighted by molar-refractivity contribution is 0.00578. The fraction of sp³-hybridized carbons (Fsp3) is 0.167. The van der Waals surface area contributed by atoms with E-state index in [1.54, 1.807) is 0 Å². The summed E-state index contributed by atoms with van der Waals surface area (Å²) in [5.74, 6) is 0. The molecule has 8 rings (SSSR count). The van der Waals surface area contributed by atoms with Crippen LogP contribution in [0, 0.1) is 0 Å². The zero-order valence-corrected chi connectivity index (χ0v) is 23.8. The molecule has 41 heavy (non-hydrogen) atoms. The van der Waals surface area contributed by atoms with Crippen LogP contribution in [0.25, 0.3) is 55.0 Å². The predicted molar refractivity (Wildman–Crippen MR) is 171 cm³/mol. The minimum absolute atomic E-state index is 0.414. The van der Waals surface area contributed by atoms with Crippen LogP contribution in [-0.2, 0) is 9.31 Å². The Balaban J connectivity index is 1.38. The van der Waals surface area contributed by atoms with Gasteiger partial charge in [0.2, 0.25) is 0 Å². The number of rotatable bonds is 3. The van der Waals surface area contributed by atoms with E-state index in [1.807, 2.05) is 0 Å². The highest BCUT2D eigenvalue weighted by atomic mass is 16.7. The molecule has 0 radical (unpaired) electrons. The molecule has 2 aromatic heterocycles. The van der Waals surface area contributed by atoms with E-state index in [0.717, 1.165) is 27.9 Å². The van der Waals surface area contributed by atoms with Crippen LogP contribution in [0.3, 0.4) is 0 Å². The summed E-state index contributed by atoms with van der Waals surface area (Å²) in [7, 11) is -0.454. The average Bonchev–Trinajstić information content (AvgIpc) is 3.56. The molecule has 0 saturated carbocycles. The van der Waals surface area contributed by atoms with Gasteiger partial charge in [-0.25, -0.2) is 0 Å². The molecule has 0 unspecified atom stereocenters. The van der Waals surface area contributed by atoms with E-state index in [1.165, 1.54) is 32.6 Å². The van der Waals surface area contributed by atoms with Crippen molar-refractivity contribution in [3.05, 3.63) is 115 Å². The van der Waals surface area contributed by atoms with Gasteiger partial charge in [0.15, 0.2) is 0 Å². The van der Waals surface area contributed by atoms with Gasteiger partial charge >= 0.3 is 7.12 Å². The molecule has 4 nitrogen and oxygen atoms in total. The molecule has 1 aliphatic rings. The van der Waals surface area contributed by atoms with Gasteiger partial charge in [0, 0.05) is 38.4 Å². The SMILES string of the molecule is CC1(C)OB(c2ccccc2-n2c3ccccc3c3cc(-n4c5ccccc5c5ccccc54)ccc32)OC1(C)C. The maximum atomic E-state index is 6.52. The van der Waals surface area contributed by atoms with Crippen LogP contribution in [0.4, 0.5) is 0 Å². The average molecular weight is 534 g/mol. The third-order valence-corrected chi connectivity index (χ3v) is 9.18. The second-order valence-electron chi connectivity index (χ2n) is 12.1. The Morgan fingerprint density at radius 2 is 0.951 bits per heavy atom. The Hall–Kier alpha value is -4.32. The molecule has 0 amide bonds. The van der Waals surface area contributed by atoms with Crippen molar-refractivity contribution >= 4 is 56.2 Å². The van der Waals surface area contributed by atoms with Gasteiger partial charge in [0.05, 0.1) is 33.3 Å². The van der Waals surface area contributed by atoms with Crippen LogP contribution in [-0.4, -0.2) is 27.5 Å². The van der Waals surface area contributed by atoms with Gasteiger partial charge in [-0.05, 0) is 70.2 Å². The van der Waals surface area contributed by atoms with Crippen LogP contribution in [0.1, 0.15) is 27.7 Å². The molecule has 3 heterocycles. The highest BCUT2D eigenvalue weighted by Crippen LogP contribution is 2.39. The van der Waals surface area contributed by atoms with Gasteiger partial charge in [-0.2, -0.15) is 0 Å². The lowest BCUT2D eigenvalue weighted by atomic mass is 9.77. The first kappa shape index (κ1) is 24.5. The summed E-state index contributed by atoms with van der Waals surface area (Å²) in [6.45, 7) is 8.41. The fourth-order valence-corrected chi connectivity index (χ4v) is 6.42. The Kier molecular flexibility index (Phi) is 5.13. The third kappa shape index (κ3) is 3.49. The first-order chi connectivity index (χ1) is 19.8. The monoisotopic (exact) mass is 534 g/mol. The van der Waals surface area contributed by atoms with Gasteiger partial charge in [-0.15, -0.1) is 0 Å². The zero-order valence-electron chi connectivity index (χ0n) is 23.8. The van der Waals surface area contributed by atoms with Crippen LogP contribution >= 0.6 is 0 Å². The van der Waals surface area contributed by atoms with E-state index >= 15 is 0 Å². The van der Waals surface area contributed by atoms with Crippen molar-refractivity contribution in [2.24, 2.45) is 0 Å². The zero-order chi connectivity index (χ0) is 27.9. The smallest absolute Gasteiger partial charge is 0.399 e. The topological polar surface area (TPSA) is 28.3 Å². The molecule has 0 bridgehead atoms. The largest absolute Gasteiger partial charge is 0.496 e. The van der Waals surface area contributed by atoms with E-state index in [0.29, 0.717) is 0 Å². The molecule has 1 fully saturated rings. The van der Waals surface area contributed by atoms with Crippen molar-refractivity contribution in [3.8, 4) is 11.4 Å². The minimum atomic E-state index is -0.454. The molecule has 0 spiro atoms. The number of fused-ring (bicyclic) bond motifs is 6. The third-order valence-electron chi connectivity index (χ3n) is 9.18. The highest BCUT2D eigenvalue weighted by Gasteiger charge is 2.52. The predicted octanol–water partition coefficient (Wildman–Crippen LogP) is 8.18. The van der Waals surface area contributed by atoms with Crippen LogP contribution < -0.4 is 5.46 Å². The lowest BCUT2D eigenvalue weighted by Crippen LogP contribution is -2.41. The number of hydrogen-bond acceptors (Lipinski definition) is 2. The number of benzene rings is 5. The van der Waals surface area contributed by atoms with Crippen LogP contribution in [0.5, 0.6) is 0 Å². The van der Waals surface area contributed by atoms with E-state index in [4.69, 9.17) is 9.31 Å².